The Hall–Kier alpha value is -4.65. The van der Waals surface area contributed by atoms with Crippen LogP contribution in [0.5, 0.6) is 11.6 Å². The molecule has 0 spiro atoms. The number of pyridine rings is 2. The van der Waals surface area contributed by atoms with Crippen LogP contribution in [0.3, 0.4) is 0 Å². The number of nitrogens with zero attached hydrogens (tertiary/aromatic N) is 6. The molecule has 1 aliphatic rings. The Kier molecular flexibility index (Phi) is 3.77. The van der Waals surface area contributed by atoms with Gasteiger partial charge in [0.25, 0.3) is 0 Å². The fraction of sp³-hybridized carbons (Fsp3) is 0.0385. The van der Waals surface area contributed by atoms with E-state index in [1.54, 1.807) is 29.4 Å². The summed E-state index contributed by atoms with van der Waals surface area (Å²) in [6.45, 7) is 0. The van der Waals surface area contributed by atoms with Crippen molar-refractivity contribution in [1.29, 1.82) is 0 Å². The fourth-order valence-corrected chi connectivity index (χ4v) is 4.60. The summed E-state index contributed by atoms with van der Waals surface area (Å²) in [5.41, 5.74) is 4.54. The van der Waals surface area contributed by atoms with E-state index in [9.17, 15) is 0 Å². The van der Waals surface area contributed by atoms with Crippen LogP contribution in [0.2, 0.25) is 0 Å². The molecule has 6 aromatic rings. The van der Waals surface area contributed by atoms with E-state index in [1.165, 1.54) is 0 Å². The summed E-state index contributed by atoms with van der Waals surface area (Å²) in [7, 11) is 0. The predicted octanol–water partition coefficient (Wildman–Crippen LogP) is 5.02. The van der Waals surface area contributed by atoms with Crippen molar-refractivity contribution >= 4 is 16.4 Å². The molecule has 1 unspecified atom stereocenters. The minimum Gasteiger partial charge on any atom is -0.438 e. The first kappa shape index (κ1) is 18.0. The smallest absolute Gasteiger partial charge is 0.228 e. The van der Waals surface area contributed by atoms with Crippen LogP contribution in [0.25, 0.3) is 27.8 Å². The minimum absolute atomic E-state index is 0.161. The number of ether oxygens (including phenoxy) is 1. The third-order valence-electron chi connectivity index (χ3n) is 6.04. The Bertz CT molecular complexity index is 1650. The summed E-state index contributed by atoms with van der Waals surface area (Å²) in [4.78, 5) is 18.1. The van der Waals surface area contributed by atoms with Crippen molar-refractivity contribution in [2.75, 3.05) is 0 Å². The van der Waals surface area contributed by atoms with Crippen molar-refractivity contribution in [3.05, 3.63) is 108 Å². The number of hydrogen-bond acceptors (Lipinski definition) is 6. The predicted molar refractivity (Wildman–Crippen MR) is 123 cm³/mol. The maximum atomic E-state index is 6.34. The van der Waals surface area contributed by atoms with Gasteiger partial charge in [0.05, 0.1) is 5.56 Å². The Morgan fingerprint density at radius 1 is 0.818 bits per heavy atom. The Morgan fingerprint density at radius 3 is 2.55 bits per heavy atom. The maximum Gasteiger partial charge on any atom is 0.228 e. The third kappa shape index (κ3) is 2.72. The maximum absolute atomic E-state index is 6.34. The quantitative estimate of drug-likeness (QED) is 0.385. The molecule has 0 bridgehead atoms. The molecule has 5 heterocycles. The second kappa shape index (κ2) is 6.93. The number of hydrogen-bond donors (Lipinski definition) is 0. The van der Waals surface area contributed by atoms with E-state index in [0.717, 1.165) is 38.8 Å². The van der Waals surface area contributed by atoms with Crippen LogP contribution < -0.4 is 4.74 Å². The molecule has 4 aromatic heterocycles. The van der Waals surface area contributed by atoms with Gasteiger partial charge in [0.15, 0.2) is 11.5 Å². The highest BCUT2D eigenvalue weighted by Gasteiger charge is 2.34. The molecule has 33 heavy (non-hydrogen) atoms. The summed E-state index contributed by atoms with van der Waals surface area (Å²) in [6.07, 6.45) is 8.81. The molecule has 0 fully saturated rings. The van der Waals surface area contributed by atoms with Gasteiger partial charge in [0.2, 0.25) is 5.88 Å². The molecule has 7 rings (SSSR count). The van der Waals surface area contributed by atoms with Gasteiger partial charge in [-0.2, -0.15) is 0 Å². The SMILES string of the molecule is c1cncc(-c2nc3c4c(ncn3n2)Oc2ccc3ccccc3c2C4c2cccnc2)c1. The summed E-state index contributed by atoms with van der Waals surface area (Å²) in [5.74, 6) is 1.75. The molecule has 0 saturated carbocycles. The van der Waals surface area contributed by atoms with E-state index in [1.807, 2.05) is 36.5 Å². The zero-order valence-electron chi connectivity index (χ0n) is 17.3. The lowest BCUT2D eigenvalue weighted by Crippen LogP contribution is -2.15. The highest BCUT2D eigenvalue weighted by Crippen LogP contribution is 2.50. The fourth-order valence-electron chi connectivity index (χ4n) is 4.60. The molecule has 2 aromatic carbocycles. The van der Waals surface area contributed by atoms with Crippen molar-refractivity contribution in [3.63, 3.8) is 0 Å². The first-order chi connectivity index (χ1) is 16.4. The zero-order valence-corrected chi connectivity index (χ0v) is 17.3. The zero-order chi connectivity index (χ0) is 21.8. The molecule has 1 atom stereocenters. The Balaban J connectivity index is 1.55. The van der Waals surface area contributed by atoms with Crippen LogP contribution in [0.1, 0.15) is 22.6 Å². The van der Waals surface area contributed by atoms with Crippen LogP contribution in [0.15, 0.2) is 91.8 Å². The van der Waals surface area contributed by atoms with E-state index in [2.05, 4.69) is 50.4 Å². The second-order valence-electron chi connectivity index (χ2n) is 7.93. The monoisotopic (exact) mass is 428 g/mol. The molecule has 7 heteroatoms. The molecule has 0 aliphatic carbocycles. The van der Waals surface area contributed by atoms with Crippen LogP contribution in [0.4, 0.5) is 0 Å². The Labute approximate surface area is 188 Å². The normalized spacial score (nSPS) is 14.6. The highest BCUT2D eigenvalue weighted by atomic mass is 16.5. The van der Waals surface area contributed by atoms with Gasteiger partial charge < -0.3 is 4.74 Å². The van der Waals surface area contributed by atoms with Crippen molar-refractivity contribution in [1.82, 2.24) is 29.5 Å². The average molecular weight is 428 g/mol. The van der Waals surface area contributed by atoms with Gasteiger partial charge in [0, 0.05) is 41.8 Å². The number of fused-ring (bicyclic) bond motifs is 6. The largest absolute Gasteiger partial charge is 0.438 e. The van der Waals surface area contributed by atoms with Crippen LogP contribution in [-0.4, -0.2) is 29.5 Å². The lowest BCUT2D eigenvalue weighted by Gasteiger charge is -2.28. The van der Waals surface area contributed by atoms with E-state index < -0.39 is 0 Å². The molecule has 1 aliphatic heterocycles. The van der Waals surface area contributed by atoms with Crippen LogP contribution in [0, 0.1) is 0 Å². The van der Waals surface area contributed by atoms with Gasteiger partial charge >= 0.3 is 0 Å². The molecule has 156 valence electrons. The molecular weight excluding hydrogens is 412 g/mol. The molecule has 0 saturated heterocycles. The van der Waals surface area contributed by atoms with Crippen molar-refractivity contribution in [2.45, 2.75) is 5.92 Å². The number of rotatable bonds is 2. The molecule has 0 amide bonds. The van der Waals surface area contributed by atoms with Gasteiger partial charge in [-0.3, -0.25) is 9.97 Å². The number of benzene rings is 2. The van der Waals surface area contributed by atoms with Gasteiger partial charge in [-0.05, 0) is 40.6 Å². The lowest BCUT2D eigenvalue weighted by atomic mass is 9.82. The van der Waals surface area contributed by atoms with Crippen LogP contribution >= 0.6 is 0 Å². The topological polar surface area (TPSA) is 78.1 Å². The van der Waals surface area contributed by atoms with Gasteiger partial charge in [-0.1, -0.05) is 36.4 Å². The highest BCUT2D eigenvalue weighted by molar-refractivity contribution is 5.90. The summed E-state index contributed by atoms with van der Waals surface area (Å²) >= 11 is 0. The summed E-state index contributed by atoms with van der Waals surface area (Å²) in [5, 5.41) is 6.95. The van der Waals surface area contributed by atoms with Crippen molar-refractivity contribution in [2.24, 2.45) is 0 Å². The number of aromatic nitrogens is 6. The van der Waals surface area contributed by atoms with E-state index in [-0.39, 0.29) is 5.92 Å². The Morgan fingerprint density at radius 2 is 1.70 bits per heavy atom. The molecular formula is C26H16N6O. The van der Waals surface area contributed by atoms with Crippen LogP contribution in [-0.2, 0) is 0 Å². The third-order valence-corrected chi connectivity index (χ3v) is 6.04. The first-order valence-electron chi connectivity index (χ1n) is 10.6. The van der Waals surface area contributed by atoms with E-state index in [4.69, 9.17) is 9.72 Å². The minimum atomic E-state index is -0.161. The molecule has 0 radical (unpaired) electrons. The van der Waals surface area contributed by atoms with Gasteiger partial charge in [-0.25, -0.2) is 14.5 Å². The molecule has 7 nitrogen and oxygen atoms in total. The lowest BCUT2D eigenvalue weighted by molar-refractivity contribution is 0.433. The average Bonchev–Trinajstić information content (AvgIpc) is 3.33. The van der Waals surface area contributed by atoms with Crippen molar-refractivity contribution < 1.29 is 4.74 Å². The summed E-state index contributed by atoms with van der Waals surface area (Å²) < 4.78 is 8.05. The first-order valence-corrected chi connectivity index (χ1v) is 10.6. The van der Waals surface area contributed by atoms with E-state index >= 15 is 0 Å². The van der Waals surface area contributed by atoms with Gasteiger partial charge in [0.1, 0.15) is 12.1 Å². The summed E-state index contributed by atoms with van der Waals surface area (Å²) in [6, 6.07) is 20.3. The van der Waals surface area contributed by atoms with E-state index in [0.29, 0.717) is 17.4 Å². The standard InChI is InChI=1S/C26H16N6O/c1-2-8-19-16(5-1)9-10-20-22(19)21(17-6-3-11-27-13-17)23-25-30-24(18-7-4-12-28-14-18)31-32(25)15-29-26(23)33-20/h1-15,21H. The molecule has 0 N–H and O–H groups in total. The van der Waals surface area contributed by atoms with Gasteiger partial charge in [-0.15, -0.1) is 5.10 Å². The van der Waals surface area contributed by atoms with Crippen molar-refractivity contribution in [3.8, 4) is 23.0 Å². The second-order valence-corrected chi connectivity index (χ2v) is 7.93.